The molecule has 0 saturated heterocycles. The Morgan fingerprint density at radius 3 is 2.70 bits per heavy atom. The minimum absolute atomic E-state index is 0.0307. The third-order valence-corrected chi connectivity index (χ3v) is 2.86. The predicted molar refractivity (Wildman–Crippen MR) is 80.4 cm³/mol. The Labute approximate surface area is 121 Å². The van der Waals surface area contributed by atoms with Crippen LogP contribution in [0.5, 0.6) is 0 Å². The van der Waals surface area contributed by atoms with E-state index >= 15 is 0 Å². The number of nitrogens with zero attached hydrogens (tertiary/aromatic N) is 2. The highest BCUT2D eigenvalue weighted by atomic mass is 32.1. The molecule has 0 bridgehead atoms. The highest BCUT2D eigenvalue weighted by molar-refractivity contribution is 7.80. The summed E-state index contributed by atoms with van der Waals surface area (Å²) in [6.07, 6.45) is 3.76. The van der Waals surface area contributed by atoms with Gasteiger partial charge in [-0.1, -0.05) is 18.3 Å². The van der Waals surface area contributed by atoms with Gasteiger partial charge in [0.25, 0.3) is 5.69 Å². The maximum absolute atomic E-state index is 10.7. The van der Waals surface area contributed by atoms with Gasteiger partial charge in [-0.05, 0) is 6.07 Å². The lowest BCUT2D eigenvalue weighted by Gasteiger charge is -2.08. The van der Waals surface area contributed by atoms with Crippen LogP contribution in [0.1, 0.15) is 0 Å². The van der Waals surface area contributed by atoms with Gasteiger partial charge in [0.05, 0.1) is 16.3 Å². The van der Waals surface area contributed by atoms with Crippen molar-refractivity contribution in [2.45, 2.75) is 6.54 Å². The molecule has 0 radical (unpaired) electrons. The fraction of sp³-hybridized carbons (Fsp3) is 0.0769. The smallest absolute Gasteiger partial charge is 0.271 e. The molecule has 0 aliphatic rings. The molecule has 102 valence electrons. The molecular formula is C13H13N4O2S+. The van der Waals surface area contributed by atoms with E-state index in [1.807, 2.05) is 35.2 Å². The van der Waals surface area contributed by atoms with Crippen molar-refractivity contribution in [2.75, 3.05) is 11.1 Å². The van der Waals surface area contributed by atoms with E-state index in [-0.39, 0.29) is 5.69 Å². The van der Waals surface area contributed by atoms with E-state index < -0.39 is 4.92 Å². The van der Waals surface area contributed by atoms with Crippen LogP contribution in [0.4, 0.5) is 17.1 Å². The first-order valence-electron chi connectivity index (χ1n) is 5.84. The normalized spacial score (nSPS) is 10.0. The van der Waals surface area contributed by atoms with E-state index in [0.717, 1.165) is 0 Å². The fourth-order valence-corrected chi connectivity index (χ4v) is 1.92. The summed E-state index contributed by atoms with van der Waals surface area (Å²) in [6.45, 7) is 0.471. The van der Waals surface area contributed by atoms with Crippen molar-refractivity contribution >= 4 is 34.3 Å². The van der Waals surface area contributed by atoms with Gasteiger partial charge in [0, 0.05) is 24.3 Å². The van der Waals surface area contributed by atoms with Gasteiger partial charge >= 0.3 is 0 Å². The van der Waals surface area contributed by atoms with E-state index in [0.29, 0.717) is 22.9 Å². The molecule has 0 atom stereocenters. The number of thiocarbonyl (C=S) groups is 1. The molecule has 0 aliphatic carbocycles. The van der Waals surface area contributed by atoms with Crippen molar-refractivity contribution in [3.8, 4) is 0 Å². The van der Waals surface area contributed by atoms with Crippen molar-refractivity contribution in [3.05, 3.63) is 58.9 Å². The number of benzene rings is 1. The molecule has 1 aromatic carbocycles. The zero-order valence-electron chi connectivity index (χ0n) is 10.5. The largest absolute Gasteiger partial charge is 0.397 e. The van der Waals surface area contributed by atoms with Crippen LogP contribution >= 0.6 is 12.2 Å². The molecule has 2 rings (SSSR count). The monoisotopic (exact) mass is 289 g/mol. The number of non-ortho nitro benzene ring substituents is 1. The summed E-state index contributed by atoms with van der Waals surface area (Å²) >= 11 is 5.23. The van der Waals surface area contributed by atoms with Crippen molar-refractivity contribution < 1.29 is 9.49 Å². The van der Waals surface area contributed by atoms with Gasteiger partial charge in [0.15, 0.2) is 18.9 Å². The van der Waals surface area contributed by atoms with E-state index in [9.17, 15) is 10.1 Å². The molecule has 6 nitrogen and oxygen atoms in total. The van der Waals surface area contributed by atoms with Crippen LogP contribution in [0.3, 0.4) is 0 Å². The summed E-state index contributed by atoms with van der Waals surface area (Å²) in [5.74, 6) is 0. The summed E-state index contributed by atoms with van der Waals surface area (Å²) in [5.41, 5.74) is 6.61. The number of nitro benzene ring substituents is 1. The number of nitrogen functional groups attached to an aromatic ring is 1. The van der Waals surface area contributed by atoms with E-state index in [1.54, 1.807) is 0 Å². The van der Waals surface area contributed by atoms with Gasteiger partial charge < -0.3 is 11.1 Å². The summed E-state index contributed by atoms with van der Waals surface area (Å²) in [6, 6.07) is 9.91. The van der Waals surface area contributed by atoms with E-state index in [4.69, 9.17) is 18.0 Å². The van der Waals surface area contributed by atoms with Crippen molar-refractivity contribution in [2.24, 2.45) is 0 Å². The van der Waals surface area contributed by atoms with E-state index in [2.05, 4.69) is 5.32 Å². The number of hydrogen-bond acceptors (Lipinski definition) is 4. The van der Waals surface area contributed by atoms with Gasteiger partial charge in [0.2, 0.25) is 0 Å². The van der Waals surface area contributed by atoms with Crippen LogP contribution in [0.25, 0.3) is 0 Å². The van der Waals surface area contributed by atoms with Crippen LogP contribution in [-0.4, -0.2) is 9.91 Å². The number of anilines is 2. The Kier molecular flexibility index (Phi) is 4.21. The molecule has 0 amide bonds. The number of nitrogens with two attached hydrogens (primary N) is 1. The average molecular weight is 289 g/mol. The molecule has 1 heterocycles. The van der Waals surface area contributed by atoms with Gasteiger partial charge in [-0.3, -0.25) is 10.1 Å². The Morgan fingerprint density at radius 2 is 2.05 bits per heavy atom. The van der Waals surface area contributed by atoms with Gasteiger partial charge in [0.1, 0.15) is 4.99 Å². The highest BCUT2D eigenvalue weighted by Crippen LogP contribution is 2.24. The van der Waals surface area contributed by atoms with Gasteiger partial charge in [-0.15, -0.1) is 0 Å². The Morgan fingerprint density at radius 1 is 1.35 bits per heavy atom. The molecule has 2 aromatic rings. The summed E-state index contributed by atoms with van der Waals surface area (Å²) in [7, 11) is 0. The minimum atomic E-state index is -0.473. The molecular weight excluding hydrogens is 276 g/mol. The zero-order chi connectivity index (χ0) is 14.5. The molecule has 0 aliphatic heterocycles. The Hall–Kier alpha value is -2.54. The molecule has 0 saturated carbocycles. The maximum atomic E-state index is 10.7. The molecule has 0 spiro atoms. The molecule has 20 heavy (non-hydrogen) atoms. The maximum Gasteiger partial charge on any atom is 0.271 e. The lowest BCUT2D eigenvalue weighted by molar-refractivity contribution is -0.681. The zero-order valence-corrected chi connectivity index (χ0v) is 11.3. The first-order chi connectivity index (χ1) is 9.56. The predicted octanol–water partition coefficient (Wildman–Crippen LogP) is 1.90. The number of nitro groups is 1. The fourth-order valence-electron chi connectivity index (χ4n) is 1.66. The lowest BCUT2D eigenvalue weighted by Crippen LogP contribution is -2.38. The Balaban J connectivity index is 2.11. The molecule has 7 heteroatoms. The minimum Gasteiger partial charge on any atom is -0.397 e. The van der Waals surface area contributed by atoms with Crippen molar-refractivity contribution in [1.82, 2.24) is 0 Å². The van der Waals surface area contributed by atoms with Crippen LogP contribution in [0, 0.1) is 10.1 Å². The SMILES string of the molecule is Nc1ccc([N+](=O)[O-])cc1NC(=S)C[n+]1ccccc1. The second-order valence-corrected chi connectivity index (χ2v) is 4.62. The number of pyridine rings is 1. The van der Waals surface area contributed by atoms with Crippen LogP contribution in [0.15, 0.2) is 48.8 Å². The van der Waals surface area contributed by atoms with Crippen LogP contribution in [-0.2, 0) is 6.54 Å². The highest BCUT2D eigenvalue weighted by Gasteiger charge is 2.11. The summed E-state index contributed by atoms with van der Waals surface area (Å²) in [4.78, 5) is 10.8. The third kappa shape index (κ3) is 3.48. The lowest BCUT2D eigenvalue weighted by atomic mass is 10.2. The molecule has 0 unspecified atom stereocenters. The van der Waals surface area contributed by atoms with Gasteiger partial charge in [-0.25, -0.2) is 0 Å². The number of nitrogens with one attached hydrogen (secondary N) is 1. The van der Waals surface area contributed by atoms with Crippen LogP contribution < -0.4 is 15.6 Å². The number of rotatable bonds is 4. The average Bonchev–Trinajstić information content (AvgIpc) is 2.42. The summed E-state index contributed by atoms with van der Waals surface area (Å²) in [5, 5.41) is 13.7. The standard InChI is InChI=1S/C13H12N4O2S/c14-11-5-4-10(17(18)19)8-12(11)15-13(20)9-16-6-2-1-3-7-16/h1-8H,9,14H2/p+1. The quantitative estimate of drug-likeness (QED) is 0.295. The van der Waals surface area contributed by atoms with Gasteiger partial charge in [-0.2, -0.15) is 4.57 Å². The van der Waals surface area contributed by atoms with E-state index in [1.165, 1.54) is 18.2 Å². The molecule has 0 fully saturated rings. The number of hydrogen-bond donors (Lipinski definition) is 2. The second kappa shape index (κ2) is 6.07. The second-order valence-electron chi connectivity index (χ2n) is 4.12. The van der Waals surface area contributed by atoms with Crippen molar-refractivity contribution in [3.63, 3.8) is 0 Å². The topological polar surface area (TPSA) is 85.1 Å². The van der Waals surface area contributed by atoms with Crippen molar-refractivity contribution in [1.29, 1.82) is 0 Å². The third-order valence-electron chi connectivity index (χ3n) is 2.63. The molecule has 3 N–H and O–H groups in total. The molecule has 1 aromatic heterocycles. The number of aromatic nitrogens is 1. The first kappa shape index (κ1) is 13.9. The Bertz CT molecular complexity index is 646. The van der Waals surface area contributed by atoms with Crippen LogP contribution in [0.2, 0.25) is 0 Å². The first-order valence-corrected chi connectivity index (χ1v) is 6.25. The summed E-state index contributed by atoms with van der Waals surface area (Å²) < 4.78 is 1.89.